The quantitative estimate of drug-likeness (QED) is 0.841. The van der Waals surface area contributed by atoms with Gasteiger partial charge >= 0.3 is 0 Å². The molecule has 1 unspecified atom stereocenters. The van der Waals surface area contributed by atoms with Crippen molar-refractivity contribution in [1.82, 2.24) is 5.32 Å². The molecule has 100 valence electrons. The van der Waals surface area contributed by atoms with Gasteiger partial charge in [-0.15, -0.1) is 0 Å². The third kappa shape index (κ3) is 4.07. The Balaban J connectivity index is 2.55. The van der Waals surface area contributed by atoms with E-state index in [0.29, 0.717) is 6.54 Å². The van der Waals surface area contributed by atoms with Crippen LogP contribution in [0.5, 0.6) is 0 Å². The van der Waals surface area contributed by atoms with Crippen molar-refractivity contribution in [3.05, 3.63) is 35.4 Å². The second-order valence-electron chi connectivity index (χ2n) is 4.59. The highest BCUT2D eigenvalue weighted by atomic mass is 19.1. The molecule has 5 heteroatoms. The second-order valence-corrected chi connectivity index (χ2v) is 4.59. The number of carbonyl (C=O) groups excluding carboxylic acids is 1. The van der Waals surface area contributed by atoms with Crippen molar-refractivity contribution < 1.29 is 13.6 Å². The average molecular weight is 256 g/mol. The molecule has 0 aliphatic rings. The van der Waals surface area contributed by atoms with Crippen molar-refractivity contribution in [2.75, 3.05) is 6.54 Å². The fourth-order valence-corrected chi connectivity index (χ4v) is 1.39. The lowest BCUT2D eigenvalue weighted by molar-refractivity contribution is -0.120. The average Bonchev–Trinajstić information content (AvgIpc) is 2.30. The fraction of sp³-hybridized carbons (Fsp3) is 0.462. The molecule has 1 atom stereocenters. The van der Waals surface area contributed by atoms with Crippen molar-refractivity contribution in [1.29, 1.82) is 0 Å². The van der Waals surface area contributed by atoms with Crippen molar-refractivity contribution in [3.8, 4) is 0 Å². The van der Waals surface area contributed by atoms with Gasteiger partial charge in [-0.3, -0.25) is 4.79 Å². The summed E-state index contributed by atoms with van der Waals surface area (Å²) >= 11 is 0. The smallest absolute Gasteiger partial charge is 0.224 e. The summed E-state index contributed by atoms with van der Waals surface area (Å²) in [5, 5.41) is 2.57. The van der Waals surface area contributed by atoms with E-state index in [2.05, 4.69) is 5.32 Å². The van der Waals surface area contributed by atoms with Gasteiger partial charge in [0.1, 0.15) is 11.6 Å². The highest BCUT2D eigenvalue weighted by Gasteiger charge is 2.14. The molecule has 1 amide bonds. The third-order valence-electron chi connectivity index (χ3n) is 2.79. The van der Waals surface area contributed by atoms with Gasteiger partial charge in [0.25, 0.3) is 0 Å². The van der Waals surface area contributed by atoms with Crippen LogP contribution >= 0.6 is 0 Å². The Labute approximate surface area is 105 Å². The highest BCUT2D eigenvalue weighted by Crippen LogP contribution is 2.12. The van der Waals surface area contributed by atoms with Crippen LogP contribution in [0.2, 0.25) is 0 Å². The maximum absolute atomic E-state index is 13.3. The van der Waals surface area contributed by atoms with Crippen LogP contribution in [0.1, 0.15) is 19.4 Å². The molecule has 0 spiro atoms. The summed E-state index contributed by atoms with van der Waals surface area (Å²) in [5.41, 5.74) is 5.54. The molecule has 0 saturated carbocycles. The van der Waals surface area contributed by atoms with E-state index >= 15 is 0 Å². The van der Waals surface area contributed by atoms with Gasteiger partial charge in [-0.1, -0.05) is 19.9 Å². The fourth-order valence-electron chi connectivity index (χ4n) is 1.39. The first kappa shape index (κ1) is 14.6. The van der Waals surface area contributed by atoms with Crippen molar-refractivity contribution in [3.63, 3.8) is 0 Å². The molecule has 0 aliphatic heterocycles. The van der Waals surface area contributed by atoms with Crippen LogP contribution in [0.3, 0.4) is 0 Å². The van der Waals surface area contributed by atoms with Crippen LogP contribution in [0.15, 0.2) is 18.2 Å². The van der Waals surface area contributed by atoms with E-state index < -0.39 is 17.5 Å². The number of nitrogens with one attached hydrogen (secondary N) is 1. The number of rotatable bonds is 5. The van der Waals surface area contributed by atoms with E-state index in [0.717, 1.165) is 12.1 Å². The van der Waals surface area contributed by atoms with Gasteiger partial charge in [-0.25, -0.2) is 8.78 Å². The van der Waals surface area contributed by atoms with Gasteiger partial charge in [0.15, 0.2) is 0 Å². The van der Waals surface area contributed by atoms with Gasteiger partial charge in [0.05, 0.1) is 6.42 Å². The lowest BCUT2D eigenvalue weighted by Crippen LogP contribution is -2.41. The number of benzene rings is 1. The predicted molar refractivity (Wildman–Crippen MR) is 65.9 cm³/mol. The number of halogens is 2. The molecule has 0 aromatic heterocycles. The molecule has 3 N–H and O–H groups in total. The zero-order chi connectivity index (χ0) is 13.7. The molecule has 1 rings (SSSR count). The molecule has 0 heterocycles. The van der Waals surface area contributed by atoms with E-state index in [-0.39, 0.29) is 23.9 Å². The molecular formula is C13H18F2N2O. The zero-order valence-corrected chi connectivity index (χ0v) is 10.5. The Morgan fingerprint density at radius 3 is 2.39 bits per heavy atom. The number of hydrogen-bond acceptors (Lipinski definition) is 2. The summed E-state index contributed by atoms with van der Waals surface area (Å²) in [4.78, 5) is 11.5. The SMILES string of the molecule is CC(C)C(N)CNC(=O)Cc1c(F)cccc1F. The molecule has 0 fully saturated rings. The van der Waals surface area contributed by atoms with Crippen LogP contribution < -0.4 is 11.1 Å². The maximum atomic E-state index is 13.3. The van der Waals surface area contributed by atoms with Crippen molar-refractivity contribution in [2.45, 2.75) is 26.3 Å². The summed E-state index contributed by atoms with van der Waals surface area (Å²) < 4.78 is 26.6. The number of hydrogen-bond donors (Lipinski definition) is 2. The van der Waals surface area contributed by atoms with Crippen LogP contribution in [0.25, 0.3) is 0 Å². The van der Waals surface area contributed by atoms with Gasteiger partial charge in [-0.2, -0.15) is 0 Å². The molecule has 0 radical (unpaired) electrons. The first-order valence-corrected chi connectivity index (χ1v) is 5.87. The third-order valence-corrected chi connectivity index (χ3v) is 2.79. The number of amides is 1. The molecule has 3 nitrogen and oxygen atoms in total. The molecule has 18 heavy (non-hydrogen) atoms. The first-order chi connectivity index (χ1) is 8.41. The first-order valence-electron chi connectivity index (χ1n) is 5.87. The van der Waals surface area contributed by atoms with E-state index in [1.54, 1.807) is 0 Å². The summed E-state index contributed by atoms with van der Waals surface area (Å²) in [5.74, 6) is -1.62. The van der Waals surface area contributed by atoms with Crippen LogP contribution in [-0.2, 0) is 11.2 Å². The van der Waals surface area contributed by atoms with E-state index in [4.69, 9.17) is 5.73 Å². The number of nitrogens with two attached hydrogens (primary N) is 1. The summed E-state index contributed by atoms with van der Waals surface area (Å²) in [7, 11) is 0. The summed E-state index contributed by atoms with van der Waals surface area (Å²) in [6.45, 7) is 4.17. The van der Waals surface area contributed by atoms with E-state index in [1.807, 2.05) is 13.8 Å². The van der Waals surface area contributed by atoms with Crippen LogP contribution in [0.4, 0.5) is 8.78 Å². The monoisotopic (exact) mass is 256 g/mol. The molecular weight excluding hydrogens is 238 g/mol. The summed E-state index contributed by atoms with van der Waals surface area (Å²) in [6.07, 6.45) is -0.316. The lowest BCUT2D eigenvalue weighted by atomic mass is 10.1. The Hall–Kier alpha value is -1.49. The topological polar surface area (TPSA) is 55.1 Å². The molecule has 1 aromatic carbocycles. The Bertz CT molecular complexity index is 401. The maximum Gasteiger partial charge on any atom is 0.224 e. The molecule has 0 aliphatic carbocycles. The zero-order valence-electron chi connectivity index (χ0n) is 10.5. The van der Waals surface area contributed by atoms with Crippen molar-refractivity contribution in [2.24, 2.45) is 11.7 Å². The Morgan fingerprint density at radius 1 is 1.33 bits per heavy atom. The van der Waals surface area contributed by atoms with Crippen LogP contribution in [0, 0.1) is 17.6 Å². The normalized spacial score (nSPS) is 12.6. The molecule has 0 bridgehead atoms. The van der Waals surface area contributed by atoms with Gasteiger partial charge in [0, 0.05) is 18.2 Å². The minimum Gasteiger partial charge on any atom is -0.354 e. The standard InChI is InChI=1S/C13H18F2N2O/c1-8(2)12(16)7-17-13(18)6-9-10(14)4-3-5-11(9)15/h3-5,8,12H,6-7,16H2,1-2H3,(H,17,18). The minimum atomic E-state index is -0.710. The van der Waals surface area contributed by atoms with E-state index in [1.165, 1.54) is 6.07 Å². The predicted octanol–water partition coefficient (Wildman–Crippen LogP) is 1.61. The Kier molecular flexibility index (Phi) is 5.22. The van der Waals surface area contributed by atoms with Gasteiger partial charge < -0.3 is 11.1 Å². The van der Waals surface area contributed by atoms with Gasteiger partial charge in [-0.05, 0) is 18.1 Å². The largest absolute Gasteiger partial charge is 0.354 e. The molecule has 1 aromatic rings. The Morgan fingerprint density at radius 2 is 1.89 bits per heavy atom. The highest BCUT2D eigenvalue weighted by molar-refractivity contribution is 5.78. The van der Waals surface area contributed by atoms with E-state index in [9.17, 15) is 13.6 Å². The molecule has 0 saturated heterocycles. The lowest BCUT2D eigenvalue weighted by Gasteiger charge is -2.16. The summed E-state index contributed by atoms with van der Waals surface area (Å²) in [6, 6.07) is 3.36. The minimum absolute atomic E-state index is 0.167. The number of carbonyl (C=O) groups is 1. The van der Waals surface area contributed by atoms with Crippen LogP contribution in [-0.4, -0.2) is 18.5 Å². The second kappa shape index (κ2) is 6.44. The van der Waals surface area contributed by atoms with Gasteiger partial charge in [0.2, 0.25) is 5.91 Å². The van der Waals surface area contributed by atoms with Crippen molar-refractivity contribution >= 4 is 5.91 Å².